The first-order valence-corrected chi connectivity index (χ1v) is 6.55. The van der Waals surface area contributed by atoms with E-state index < -0.39 is 0 Å². The zero-order chi connectivity index (χ0) is 15.5. The minimum atomic E-state index is 0.125. The van der Waals surface area contributed by atoms with E-state index in [1.807, 2.05) is 30.3 Å². The summed E-state index contributed by atoms with van der Waals surface area (Å²) in [5, 5.41) is 12.0. The van der Waals surface area contributed by atoms with Gasteiger partial charge in [-0.15, -0.1) is 0 Å². The number of benzene rings is 1. The number of hydrogen-bond acceptors (Lipinski definition) is 7. The zero-order valence-electron chi connectivity index (χ0n) is 11.6. The third-order valence-electron chi connectivity index (χ3n) is 3.15. The second kappa shape index (κ2) is 5.60. The highest BCUT2D eigenvalue weighted by atomic mass is 15.5. The van der Waals surface area contributed by atoms with E-state index in [1.54, 1.807) is 12.3 Å². The molecule has 0 aliphatic rings. The first-order valence-electron chi connectivity index (χ1n) is 6.55. The number of nitrogens with two attached hydrogens (primary N) is 2. The van der Waals surface area contributed by atoms with Crippen molar-refractivity contribution in [2.45, 2.75) is 6.54 Å². The van der Waals surface area contributed by atoms with Crippen LogP contribution in [0.3, 0.4) is 0 Å². The molecule has 1 aromatic carbocycles. The molecule has 0 radical (unpaired) electrons. The van der Waals surface area contributed by atoms with Crippen LogP contribution >= 0.6 is 0 Å². The molecule has 110 valence electrons. The number of anilines is 2. The smallest absolute Gasteiger partial charge is 0.154 e. The topological polar surface area (TPSA) is 132 Å². The minimum Gasteiger partial charge on any atom is -0.384 e. The Morgan fingerprint density at radius 1 is 1.18 bits per heavy atom. The maximum absolute atomic E-state index is 7.22. The number of aromatic nitrogens is 4. The van der Waals surface area contributed by atoms with Crippen LogP contribution in [0.5, 0.6) is 0 Å². The first-order chi connectivity index (χ1) is 10.7. The average Bonchev–Trinajstić information content (AvgIpc) is 2.96. The van der Waals surface area contributed by atoms with Gasteiger partial charge in [-0.25, -0.2) is 10.5 Å². The largest absolute Gasteiger partial charge is 0.384 e. The average molecular weight is 294 g/mol. The summed E-state index contributed by atoms with van der Waals surface area (Å²) in [5.41, 5.74) is 21.3. The van der Waals surface area contributed by atoms with E-state index in [-0.39, 0.29) is 17.3 Å². The normalized spacial score (nSPS) is 10.5. The van der Waals surface area contributed by atoms with Gasteiger partial charge in [0.05, 0.1) is 12.7 Å². The fourth-order valence-corrected chi connectivity index (χ4v) is 2.15. The van der Waals surface area contributed by atoms with E-state index in [0.29, 0.717) is 12.1 Å². The molecule has 0 saturated heterocycles. The molecule has 0 spiro atoms. The highest BCUT2D eigenvalue weighted by Crippen LogP contribution is 2.27. The van der Waals surface area contributed by atoms with Gasteiger partial charge in [0.15, 0.2) is 5.82 Å². The molecule has 0 unspecified atom stereocenters. The quantitative estimate of drug-likeness (QED) is 0.634. The zero-order valence-corrected chi connectivity index (χ0v) is 11.6. The van der Waals surface area contributed by atoms with Crippen LogP contribution in [-0.4, -0.2) is 20.0 Å². The molecule has 0 bridgehead atoms. The van der Waals surface area contributed by atoms with Crippen molar-refractivity contribution < 1.29 is 0 Å². The van der Waals surface area contributed by atoms with Gasteiger partial charge >= 0.3 is 0 Å². The Hall–Kier alpha value is -3.29. The number of hydrogen-bond donors (Lipinski definition) is 3. The van der Waals surface area contributed by atoms with Crippen molar-refractivity contribution in [2.75, 3.05) is 11.5 Å². The predicted octanol–water partition coefficient (Wildman–Crippen LogP) is 2.22. The molecule has 5 N–H and O–H groups in total. The van der Waals surface area contributed by atoms with Crippen molar-refractivity contribution in [3.63, 3.8) is 0 Å². The van der Waals surface area contributed by atoms with Gasteiger partial charge in [0.2, 0.25) is 0 Å². The SMILES string of the molecule is N=Nc1c(Cn2ncc(-c3ccccc3)n2)cc(N)nc1N. The molecule has 0 atom stereocenters. The number of nitrogen functional groups attached to an aromatic ring is 2. The van der Waals surface area contributed by atoms with Crippen LogP contribution in [0, 0.1) is 5.53 Å². The molecular formula is C14H14N8. The molecule has 8 heteroatoms. The minimum absolute atomic E-state index is 0.125. The van der Waals surface area contributed by atoms with E-state index in [1.165, 1.54) is 4.80 Å². The molecule has 3 aromatic rings. The summed E-state index contributed by atoms with van der Waals surface area (Å²) < 4.78 is 0. The Balaban J connectivity index is 1.92. The summed E-state index contributed by atoms with van der Waals surface area (Å²) >= 11 is 0. The highest BCUT2D eigenvalue weighted by Gasteiger charge is 2.11. The Bertz CT molecular complexity index is 809. The van der Waals surface area contributed by atoms with Crippen LogP contribution in [0.15, 0.2) is 47.7 Å². The Morgan fingerprint density at radius 2 is 1.95 bits per heavy atom. The molecule has 2 heterocycles. The maximum Gasteiger partial charge on any atom is 0.154 e. The summed E-state index contributed by atoms with van der Waals surface area (Å²) in [6, 6.07) is 11.4. The van der Waals surface area contributed by atoms with Gasteiger partial charge in [-0.1, -0.05) is 30.3 Å². The second-order valence-electron chi connectivity index (χ2n) is 4.68. The van der Waals surface area contributed by atoms with Crippen molar-refractivity contribution >= 4 is 17.3 Å². The van der Waals surface area contributed by atoms with Gasteiger partial charge in [0, 0.05) is 11.1 Å². The van der Waals surface area contributed by atoms with Crippen molar-refractivity contribution in [3.05, 3.63) is 48.2 Å². The van der Waals surface area contributed by atoms with Crippen LogP contribution in [0.4, 0.5) is 17.3 Å². The fraction of sp³-hybridized carbons (Fsp3) is 0.0714. The summed E-state index contributed by atoms with van der Waals surface area (Å²) in [7, 11) is 0. The Kier molecular flexibility index (Phi) is 3.48. The second-order valence-corrected chi connectivity index (χ2v) is 4.68. The Morgan fingerprint density at radius 3 is 2.68 bits per heavy atom. The standard InChI is InChI=1S/C14H14N8/c15-12-6-10(13(20-17)14(16)19-12)8-22-18-7-11(21-22)9-4-2-1-3-5-9/h1-7,17H,8H2,(H4,15,16,19). The Labute approximate surface area is 126 Å². The number of nitrogens with one attached hydrogen (secondary N) is 1. The molecule has 3 rings (SSSR count). The van der Waals surface area contributed by atoms with E-state index in [0.717, 1.165) is 11.3 Å². The highest BCUT2D eigenvalue weighted by molar-refractivity contribution is 5.65. The third-order valence-corrected chi connectivity index (χ3v) is 3.15. The molecule has 22 heavy (non-hydrogen) atoms. The van der Waals surface area contributed by atoms with Crippen LogP contribution < -0.4 is 11.5 Å². The lowest BCUT2D eigenvalue weighted by atomic mass is 10.2. The van der Waals surface area contributed by atoms with Crippen molar-refractivity contribution in [3.8, 4) is 11.3 Å². The summed E-state index contributed by atoms with van der Waals surface area (Å²) in [6.45, 7) is 0.307. The molecule has 0 aliphatic heterocycles. The monoisotopic (exact) mass is 294 g/mol. The summed E-state index contributed by atoms with van der Waals surface area (Å²) in [4.78, 5) is 5.40. The van der Waals surface area contributed by atoms with Gasteiger partial charge in [0.1, 0.15) is 17.2 Å². The molecule has 2 aromatic heterocycles. The molecule has 8 nitrogen and oxygen atoms in total. The predicted molar refractivity (Wildman–Crippen MR) is 82.4 cm³/mol. The molecule has 0 aliphatic carbocycles. The van der Waals surface area contributed by atoms with Crippen molar-refractivity contribution in [1.29, 1.82) is 5.53 Å². The van der Waals surface area contributed by atoms with Crippen LogP contribution in [0.25, 0.3) is 11.3 Å². The van der Waals surface area contributed by atoms with Gasteiger partial charge in [-0.3, -0.25) is 0 Å². The number of nitrogens with zero attached hydrogens (tertiary/aromatic N) is 5. The van der Waals surface area contributed by atoms with E-state index in [9.17, 15) is 0 Å². The van der Waals surface area contributed by atoms with Crippen molar-refractivity contribution in [1.82, 2.24) is 20.0 Å². The third kappa shape index (κ3) is 2.62. The lowest BCUT2D eigenvalue weighted by Crippen LogP contribution is -2.07. The van der Waals surface area contributed by atoms with Gasteiger partial charge in [-0.05, 0) is 6.07 Å². The lowest BCUT2D eigenvalue weighted by Gasteiger charge is -2.07. The van der Waals surface area contributed by atoms with E-state index >= 15 is 0 Å². The first kappa shape index (κ1) is 13.7. The van der Waals surface area contributed by atoms with E-state index in [4.69, 9.17) is 17.0 Å². The van der Waals surface area contributed by atoms with Crippen LogP contribution in [0.1, 0.15) is 5.56 Å². The molecular weight excluding hydrogens is 280 g/mol. The van der Waals surface area contributed by atoms with Crippen LogP contribution in [-0.2, 0) is 6.54 Å². The molecule has 0 amide bonds. The van der Waals surface area contributed by atoms with Crippen LogP contribution in [0.2, 0.25) is 0 Å². The fourth-order valence-electron chi connectivity index (χ4n) is 2.15. The maximum atomic E-state index is 7.22. The number of rotatable bonds is 4. The summed E-state index contributed by atoms with van der Waals surface area (Å²) in [6.07, 6.45) is 1.68. The van der Waals surface area contributed by atoms with Gasteiger partial charge in [-0.2, -0.15) is 20.1 Å². The van der Waals surface area contributed by atoms with E-state index in [2.05, 4.69) is 20.3 Å². The number of pyridine rings is 1. The van der Waals surface area contributed by atoms with Gasteiger partial charge in [0.25, 0.3) is 0 Å². The molecule has 0 saturated carbocycles. The summed E-state index contributed by atoms with van der Waals surface area (Å²) in [5.74, 6) is 0.399. The van der Waals surface area contributed by atoms with Crippen molar-refractivity contribution in [2.24, 2.45) is 5.11 Å². The lowest BCUT2D eigenvalue weighted by molar-refractivity contribution is 0.592. The molecule has 0 fully saturated rings. The van der Waals surface area contributed by atoms with Gasteiger partial charge < -0.3 is 11.5 Å².